The fourth-order valence-corrected chi connectivity index (χ4v) is 2.87. The molecule has 0 saturated heterocycles. The molecule has 2 aromatic rings. The van der Waals surface area contributed by atoms with E-state index in [2.05, 4.69) is 5.32 Å². The number of phenols is 1. The number of amides is 1. The van der Waals surface area contributed by atoms with Crippen LogP contribution in [-0.2, 0) is 16.0 Å². The molecule has 0 aliphatic carbocycles. The van der Waals surface area contributed by atoms with Gasteiger partial charge in [-0.2, -0.15) is 0 Å². The van der Waals surface area contributed by atoms with Gasteiger partial charge in [-0.3, -0.25) is 9.59 Å². The van der Waals surface area contributed by atoms with Gasteiger partial charge in [0.1, 0.15) is 17.1 Å². The van der Waals surface area contributed by atoms with Gasteiger partial charge >= 0.3 is 5.97 Å². The van der Waals surface area contributed by atoms with Gasteiger partial charge in [0.2, 0.25) is 11.7 Å². The largest absolute Gasteiger partial charge is 0.507 e. The Morgan fingerprint density at radius 3 is 2.67 bits per heavy atom. The number of benzene rings is 2. The summed E-state index contributed by atoms with van der Waals surface area (Å²) in [6, 6.07) is 5.53. The van der Waals surface area contributed by atoms with Crippen LogP contribution in [-0.4, -0.2) is 29.4 Å². The Kier molecular flexibility index (Phi) is 4.94. The maximum atomic E-state index is 14.2. The molecule has 1 aliphatic heterocycles. The summed E-state index contributed by atoms with van der Waals surface area (Å²) >= 11 is 0. The fourth-order valence-electron chi connectivity index (χ4n) is 2.87. The maximum Gasteiger partial charge on any atom is 0.342 e. The molecule has 2 N–H and O–H groups in total. The summed E-state index contributed by atoms with van der Waals surface area (Å²) in [6.45, 7) is 2.79. The molecular weight excluding hydrogens is 353 g/mol. The summed E-state index contributed by atoms with van der Waals surface area (Å²) in [4.78, 5) is 35.8. The number of hydrogen-bond acceptors (Lipinski definition) is 5. The van der Waals surface area contributed by atoms with Crippen molar-refractivity contribution in [3.63, 3.8) is 0 Å². The van der Waals surface area contributed by atoms with Crippen molar-refractivity contribution in [3.8, 4) is 5.75 Å². The SMILES string of the molecule is Cc1ccc(C(=O)OCC(=O)c2cc3c(cc2F)NC(=O)CC3)c(O)c1C. The highest BCUT2D eigenvalue weighted by Crippen LogP contribution is 2.27. The fraction of sp³-hybridized carbons (Fsp3) is 0.250. The minimum atomic E-state index is -0.866. The molecule has 2 aromatic carbocycles. The van der Waals surface area contributed by atoms with Crippen molar-refractivity contribution < 1.29 is 28.6 Å². The summed E-state index contributed by atoms with van der Waals surface area (Å²) in [5.41, 5.74) is 2.08. The number of aromatic hydroxyl groups is 1. The predicted molar refractivity (Wildman–Crippen MR) is 95.5 cm³/mol. The first-order valence-corrected chi connectivity index (χ1v) is 8.39. The average molecular weight is 371 g/mol. The summed E-state index contributed by atoms with van der Waals surface area (Å²) < 4.78 is 19.2. The lowest BCUT2D eigenvalue weighted by atomic mass is 9.98. The van der Waals surface area contributed by atoms with E-state index in [1.807, 2.05) is 0 Å². The highest BCUT2D eigenvalue weighted by atomic mass is 19.1. The van der Waals surface area contributed by atoms with Gasteiger partial charge in [-0.1, -0.05) is 6.07 Å². The van der Waals surface area contributed by atoms with Gasteiger partial charge in [-0.25, -0.2) is 9.18 Å². The molecule has 0 saturated carbocycles. The van der Waals surface area contributed by atoms with Crippen LogP contribution in [0.2, 0.25) is 0 Å². The molecule has 6 nitrogen and oxygen atoms in total. The molecule has 0 atom stereocenters. The van der Waals surface area contributed by atoms with Crippen LogP contribution in [0.25, 0.3) is 0 Å². The number of rotatable bonds is 4. The highest BCUT2D eigenvalue weighted by molar-refractivity contribution is 6.01. The Morgan fingerprint density at radius 2 is 1.93 bits per heavy atom. The molecule has 3 rings (SSSR count). The summed E-state index contributed by atoms with van der Waals surface area (Å²) in [7, 11) is 0. The molecule has 140 valence electrons. The van der Waals surface area contributed by atoms with Crippen molar-refractivity contribution in [2.45, 2.75) is 26.7 Å². The summed E-state index contributed by atoms with van der Waals surface area (Å²) in [5.74, 6) is -2.78. The van der Waals surface area contributed by atoms with E-state index in [1.54, 1.807) is 19.9 Å². The number of ether oxygens (including phenoxy) is 1. The molecule has 0 radical (unpaired) electrons. The minimum Gasteiger partial charge on any atom is -0.507 e. The topological polar surface area (TPSA) is 92.7 Å². The predicted octanol–water partition coefficient (Wildman–Crippen LogP) is 3.07. The lowest BCUT2D eigenvalue weighted by molar-refractivity contribution is -0.116. The molecule has 1 amide bonds. The monoisotopic (exact) mass is 371 g/mol. The van der Waals surface area contributed by atoms with E-state index >= 15 is 0 Å². The number of phenolic OH excluding ortho intramolecular Hbond substituents is 1. The van der Waals surface area contributed by atoms with Crippen molar-refractivity contribution in [1.29, 1.82) is 0 Å². The molecule has 0 aromatic heterocycles. The first-order chi connectivity index (χ1) is 12.8. The van der Waals surface area contributed by atoms with Gasteiger partial charge < -0.3 is 15.2 Å². The highest BCUT2D eigenvalue weighted by Gasteiger charge is 2.22. The van der Waals surface area contributed by atoms with Gasteiger partial charge in [0.15, 0.2) is 6.61 Å². The Balaban J connectivity index is 1.74. The van der Waals surface area contributed by atoms with Crippen LogP contribution in [0.15, 0.2) is 24.3 Å². The molecular formula is C20H18FNO5. The lowest BCUT2D eigenvalue weighted by Gasteiger charge is -2.18. The minimum absolute atomic E-state index is 0.0560. The average Bonchev–Trinajstić information content (AvgIpc) is 2.63. The second-order valence-corrected chi connectivity index (χ2v) is 6.44. The zero-order valence-corrected chi connectivity index (χ0v) is 14.9. The third-order valence-electron chi connectivity index (χ3n) is 4.64. The molecule has 0 bridgehead atoms. The first-order valence-electron chi connectivity index (χ1n) is 8.39. The van der Waals surface area contributed by atoms with E-state index in [4.69, 9.17) is 4.74 Å². The Hall–Kier alpha value is -3.22. The number of carbonyl (C=O) groups is 3. The number of ketones is 1. The molecule has 0 spiro atoms. The van der Waals surface area contributed by atoms with Crippen molar-refractivity contribution in [3.05, 3.63) is 57.9 Å². The van der Waals surface area contributed by atoms with Crippen LogP contribution in [0.5, 0.6) is 5.75 Å². The Morgan fingerprint density at radius 1 is 1.19 bits per heavy atom. The van der Waals surface area contributed by atoms with Gasteiger partial charge in [0.05, 0.1) is 5.56 Å². The van der Waals surface area contributed by atoms with Crippen LogP contribution in [0.4, 0.5) is 10.1 Å². The normalized spacial score (nSPS) is 12.9. The zero-order valence-electron chi connectivity index (χ0n) is 14.9. The number of esters is 1. The van der Waals surface area contributed by atoms with Crippen LogP contribution in [0.3, 0.4) is 0 Å². The smallest absolute Gasteiger partial charge is 0.342 e. The van der Waals surface area contributed by atoms with Crippen LogP contribution in [0, 0.1) is 19.7 Å². The van der Waals surface area contributed by atoms with Gasteiger partial charge in [0, 0.05) is 12.1 Å². The summed E-state index contributed by atoms with van der Waals surface area (Å²) in [5, 5.41) is 12.6. The van der Waals surface area contributed by atoms with Gasteiger partial charge in [-0.15, -0.1) is 0 Å². The number of aryl methyl sites for hydroxylation is 2. The number of anilines is 1. The zero-order chi connectivity index (χ0) is 19.7. The maximum absolute atomic E-state index is 14.2. The lowest BCUT2D eigenvalue weighted by Crippen LogP contribution is -2.21. The third kappa shape index (κ3) is 3.67. The van der Waals surface area contributed by atoms with E-state index < -0.39 is 24.2 Å². The van der Waals surface area contributed by atoms with Crippen molar-refractivity contribution in [1.82, 2.24) is 0 Å². The number of Topliss-reactive ketones (excluding diaryl/α,β-unsaturated/α-hetero) is 1. The van der Waals surface area contributed by atoms with Crippen molar-refractivity contribution in [2.24, 2.45) is 0 Å². The summed E-state index contributed by atoms with van der Waals surface area (Å²) in [6.07, 6.45) is 0.658. The van der Waals surface area contributed by atoms with Crippen LogP contribution in [0.1, 0.15) is 43.8 Å². The third-order valence-corrected chi connectivity index (χ3v) is 4.64. The number of hydrogen-bond donors (Lipinski definition) is 2. The number of fused-ring (bicyclic) bond motifs is 1. The molecule has 27 heavy (non-hydrogen) atoms. The standard InChI is InChI=1S/C20H18FNO5/c1-10-3-5-13(19(25)11(10)2)20(26)27-9-17(23)14-7-12-4-6-18(24)22-16(12)8-15(14)21/h3,5,7-8,25H,4,6,9H2,1-2H3,(H,22,24). The van der Waals surface area contributed by atoms with Crippen LogP contribution >= 0.6 is 0 Å². The van der Waals surface area contributed by atoms with E-state index in [9.17, 15) is 23.9 Å². The second kappa shape index (κ2) is 7.19. The number of halogens is 1. The van der Waals surface area contributed by atoms with Crippen LogP contribution < -0.4 is 5.32 Å². The Bertz CT molecular complexity index is 967. The molecule has 0 fully saturated rings. The molecule has 1 aliphatic rings. The first kappa shape index (κ1) is 18.6. The molecule has 0 unspecified atom stereocenters. The second-order valence-electron chi connectivity index (χ2n) is 6.44. The molecule has 7 heteroatoms. The molecule has 1 heterocycles. The van der Waals surface area contributed by atoms with Crippen molar-refractivity contribution in [2.75, 3.05) is 11.9 Å². The van der Waals surface area contributed by atoms with E-state index in [-0.39, 0.29) is 29.2 Å². The van der Waals surface area contributed by atoms with Gasteiger partial charge in [0.25, 0.3) is 0 Å². The number of nitrogens with one attached hydrogen (secondary N) is 1. The number of carbonyl (C=O) groups excluding carboxylic acids is 3. The van der Waals surface area contributed by atoms with Gasteiger partial charge in [-0.05, 0) is 55.2 Å². The van der Waals surface area contributed by atoms with E-state index in [1.165, 1.54) is 12.1 Å². The van der Waals surface area contributed by atoms with Crippen molar-refractivity contribution >= 4 is 23.3 Å². The Labute approximate surface area is 155 Å². The quantitative estimate of drug-likeness (QED) is 0.636. The van der Waals surface area contributed by atoms with E-state index in [0.29, 0.717) is 23.2 Å². The van der Waals surface area contributed by atoms with E-state index in [0.717, 1.165) is 11.6 Å².